The van der Waals surface area contributed by atoms with Crippen molar-refractivity contribution in [3.8, 4) is 0 Å². The van der Waals surface area contributed by atoms with Gasteiger partial charge in [0.1, 0.15) is 0 Å². The van der Waals surface area contributed by atoms with Crippen LogP contribution in [0.3, 0.4) is 0 Å². The molecule has 0 N–H and O–H groups in total. The Morgan fingerprint density at radius 1 is 0.958 bits per heavy atom. The Balaban J connectivity index is 1.84. The molecule has 0 heterocycles. The molecule has 3 rings (SSSR count). The van der Waals surface area contributed by atoms with Crippen LogP contribution >= 0.6 is 0 Å². The van der Waals surface area contributed by atoms with Crippen LogP contribution in [0, 0.1) is 5.92 Å². The van der Waals surface area contributed by atoms with Crippen LogP contribution in [0.2, 0.25) is 19.6 Å². The molecule has 1 heteroatoms. The molecule has 2 unspecified atom stereocenters. The van der Waals surface area contributed by atoms with E-state index in [9.17, 15) is 0 Å². The molecule has 24 heavy (non-hydrogen) atoms. The molecule has 0 radical (unpaired) electrons. The minimum atomic E-state index is -1.29. The summed E-state index contributed by atoms with van der Waals surface area (Å²) < 4.78 is 0. The fourth-order valence-electron chi connectivity index (χ4n) is 4.55. The number of benzene rings is 1. The Morgan fingerprint density at radius 3 is 2.25 bits per heavy atom. The van der Waals surface area contributed by atoms with Gasteiger partial charge in [-0.05, 0) is 50.7 Å². The van der Waals surface area contributed by atoms with Crippen LogP contribution in [-0.4, -0.2) is 8.07 Å². The first kappa shape index (κ1) is 17.5. The van der Waals surface area contributed by atoms with E-state index in [2.05, 4.69) is 77.7 Å². The first-order valence-electron chi connectivity index (χ1n) is 9.39. The lowest BCUT2D eigenvalue weighted by molar-refractivity contribution is 0.660. The third-order valence-electron chi connectivity index (χ3n) is 6.10. The van der Waals surface area contributed by atoms with Crippen LogP contribution in [0.25, 0.3) is 6.08 Å². The normalized spacial score (nSPS) is 23.5. The molecular weight excluding hydrogens is 304 g/mol. The molecule has 0 bridgehead atoms. The highest BCUT2D eigenvalue weighted by atomic mass is 28.3. The fourth-order valence-corrected chi connectivity index (χ4v) is 6.17. The minimum Gasteiger partial charge on any atom is -0.0662 e. The quantitative estimate of drug-likeness (QED) is 0.556. The lowest BCUT2D eigenvalue weighted by Gasteiger charge is -2.22. The molecule has 0 aliphatic heterocycles. The highest BCUT2D eigenvalue weighted by Crippen LogP contribution is 2.42. The highest BCUT2D eigenvalue weighted by molar-refractivity contribution is 6.89. The third-order valence-corrected chi connectivity index (χ3v) is 8.16. The van der Waals surface area contributed by atoms with Crippen molar-refractivity contribution in [1.29, 1.82) is 0 Å². The highest BCUT2D eigenvalue weighted by Gasteiger charge is 2.29. The molecule has 0 nitrogen and oxygen atoms in total. The fraction of sp³-hybridized carbons (Fsp3) is 0.478. The van der Waals surface area contributed by atoms with Gasteiger partial charge in [-0.1, -0.05) is 84.4 Å². The summed E-state index contributed by atoms with van der Waals surface area (Å²) in [6.45, 7) is 16.6. The Bertz CT molecular complexity index is 753. The SMILES string of the molecule is CC1=CC(C)=C(CCC2C(C)=Cc3c2cccc3[Si](C)(C)C)C1C. The van der Waals surface area contributed by atoms with Gasteiger partial charge < -0.3 is 0 Å². The number of hydrogen-bond acceptors (Lipinski definition) is 0. The van der Waals surface area contributed by atoms with Gasteiger partial charge in [0.15, 0.2) is 0 Å². The number of rotatable bonds is 4. The molecule has 1 aromatic carbocycles. The topological polar surface area (TPSA) is 0 Å². The van der Waals surface area contributed by atoms with Crippen LogP contribution < -0.4 is 5.19 Å². The molecule has 0 spiro atoms. The number of allylic oxidation sites excluding steroid dienone is 5. The van der Waals surface area contributed by atoms with Crippen molar-refractivity contribution in [1.82, 2.24) is 0 Å². The van der Waals surface area contributed by atoms with E-state index in [1.165, 1.54) is 24.0 Å². The van der Waals surface area contributed by atoms with Crippen molar-refractivity contribution in [2.75, 3.05) is 0 Å². The zero-order valence-electron chi connectivity index (χ0n) is 16.5. The van der Waals surface area contributed by atoms with Gasteiger partial charge in [0.25, 0.3) is 0 Å². The molecule has 2 aliphatic carbocycles. The molecule has 2 atom stereocenters. The average molecular weight is 337 g/mol. The summed E-state index contributed by atoms with van der Waals surface area (Å²) in [7, 11) is -1.29. The van der Waals surface area contributed by atoms with Gasteiger partial charge in [-0.25, -0.2) is 0 Å². The van der Waals surface area contributed by atoms with Crippen LogP contribution in [0.15, 0.2) is 46.6 Å². The summed E-state index contributed by atoms with van der Waals surface area (Å²) in [6.07, 6.45) is 7.35. The predicted molar refractivity (Wildman–Crippen MR) is 111 cm³/mol. The first-order valence-corrected chi connectivity index (χ1v) is 12.9. The molecule has 1 aromatic rings. The summed E-state index contributed by atoms with van der Waals surface area (Å²) in [5.41, 5.74) is 9.40. The molecule has 0 saturated heterocycles. The first-order chi connectivity index (χ1) is 11.2. The van der Waals surface area contributed by atoms with Crippen molar-refractivity contribution in [2.45, 2.75) is 66.1 Å². The summed E-state index contributed by atoms with van der Waals surface area (Å²) in [4.78, 5) is 0. The van der Waals surface area contributed by atoms with E-state index in [0.29, 0.717) is 11.8 Å². The van der Waals surface area contributed by atoms with Gasteiger partial charge in [-0.15, -0.1) is 0 Å². The Hall–Kier alpha value is -1.34. The lowest BCUT2D eigenvalue weighted by Crippen LogP contribution is -2.39. The van der Waals surface area contributed by atoms with E-state index >= 15 is 0 Å². The van der Waals surface area contributed by atoms with Gasteiger partial charge in [-0.2, -0.15) is 0 Å². The summed E-state index contributed by atoms with van der Waals surface area (Å²) in [5.74, 6) is 1.26. The van der Waals surface area contributed by atoms with E-state index in [0.717, 1.165) is 0 Å². The van der Waals surface area contributed by atoms with Gasteiger partial charge in [-0.3, -0.25) is 0 Å². The maximum atomic E-state index is 2.48. The molecule has 0 amide bonds. The van der Waals surface area contributed by atoms with E-state index in [4.69, 9.17) is 0 Å². The van der Waals surface area contributed by atoms with Crippen LogP contribution in [0.5, 0.6) is 0 Å². The Morgan fingerprint density at radius 2 is 1.67 bits per heavy atom. The minimum absolute atomic E-state index is 0.615. The van der Waals surface area contributed by atoms with Crippen LogP contribution in [0.1, 0.15) is 57.6 Å². The van der Waals surface area contributed by atoms with Crippen LogP contribution in [-0.2, 0) is 0 Å². The molecule has 0 saturated carbocycles. The summed E-state index contributed by atoms with van der Waals surface area (Å²) in [5, 5.41) is 1.63. The lowest BCUT2D eigenvalue weighted by atomic mass is 9.86. The van der Waals surface area contributed by atoms with E-state index in [-0.39, 0.29) is 0 Å². The van der Waals surface area contributed by atoms with Crippen molar-refractivity contribution < 1.29 is 0 Å². The van der Waals surface area contributed by atoms with Gasteiger partial charge >= 0.3 is 0 Å². The van der Waals surface area contributed by atoms with E-state index < -0.39 is 8.07 Å². The molecule has 0 fully saturated rings. The molecular formula is C23H32Si. The van der Waals surface area contributed by atoms with Crippen molar-refractivity contribution in [3.63, 3.8) is 0 Å². The number of hydrogen-bond donors (Lipinski definition) is 0. The Kier molecular flexibility index (Phi) is 4.50. The van der Waals surface area contributed by atoms with Crippen molar-refractivity contribution in [2.24, 2.45) is 5.92 Å². The van der Waals surface area contributed by atoms with Gasteiger partial charge in [0.2, 0.25) is 0 Å². The van der Waals surface area contributed by atoms with E-state index in [1.807, 2.05) is 0 Å². The van der Waals surface area contributed by atoms with Crippen molar-refractivity contribution >= 4 is 19.3 Å². The van der Waals surface area contributed by atoms with E-state index in [1.54, 1.807) is 27.5 Å². The maximum Gasteiger partial charge on any atom is 0.0783 e. The second-order valence-corrected chi connectivity index (χ2v) is 13.9. The zero-order valence-corrected chi connectivity index (χ0v) is 17.5. The predicted octanol–water partition coefficient (Wildman–Crippen LogP) is 6.43. The summed E-state index contributed by atoms with van der Waals surface area (Å²) in [6, 6.07) is 7.04. The molecule has 2 aliphatic rings. The Labute approximate surface area is 149 Å². The molecule has 128 valence electrons. The van der Waals surface area contributed by atoms with Gasteiger partial charge in [0, 0.05) is 5.92 Å². The second-order valence-electron chi connectivity index (χ2n) is 8.86. The summed E-state index contributed by atoms with van der Waals surface area (Å²) >= 11 is 0. The van der Waals surface area contributed by atoms with Gasteiger partial charge in [0.05, 0.1) is 8.07 Å². The second kappa shape index (κ2) is 6.18. The smallest absolute Gasteiger partial charge is 0.0662 e. The standard InChI is InChI=1S/C23H32Si/c1-15-13-16(2)19(18(15)4)11-12-20-17(3)14-22-21(20)9-8-10-23(22)24(5,6)7/h8-10,13-14,18,20H,11-12H2,1-7H3. The zero-order chi connectivity index (χ0) is 17.6. The van der Waals surface area contributed by atoms with Crippen molar-refractivity contribution in [3.05, 3.63) is 57.7 Å². The third kappa shape index (κ3) is 2.99. The van der Waals surface area contributed by atoms with Crippen LogP contribution in [0.4, 0.5) is 0 Å². The average Bonchev–Trinajstić information content (AvgIpc) is 2.93. The largest absolute Gasteiger partial charge is 0.0783 e. The molecule has 0 aromatic heterocycles. The monoisotopic (exact) mass is 336 g/mol. The maximum absolute atomic E-state index is 2.48. The number of fused-ring (bicyclic) bond motifs is 1.